The highest BCUT2D eigenvalue weighted by atomic mass is 16.3. The fourth-order valence-corrected chi connectivity index (χ4v) is 0.828. The van der Waals surface area contributed by atoms with Crippen LogP contribution in [-0.2, 0) is 6.61 Å². The summed E-state index contributed by atoms with van der Waals surface area (Å²) in [5.41, 5.74) is 0.813. The molecule has 3 heteroatoms. The number of phenolic OH excluding ortho intramolecular Hbond substituents is 1. The highest BCUT2D eigenvalue weighted by Crippen LogP contribution is 2.08. The molecule has 0 aliphatic rings. The summed E-state index contributed by atoms with van der Waals surface area (Å²) in [5.74, 6) is 0.229. The van der Waals surface area contributed by atoms with E-state index >= 15 is 0 Å². The number of aliphatic hydroxyl groups excluding tert-OH is 1. The maximum Gasteiger partial charge on any atom is 0.115 e. The Hall–Kier alpha value is -1.74. The van der Waals surface area contributed by atoms with Crippen LogP contribution in [0.15, 0.2) is 53.3 Å². The summed E-state index contributed by atoms with van der Waals surface area (Å²) in [6, 6.07) is 10.1. The molecule has 0 fully saturated rings. The first-order chi connectivity index (χ1) is 6.83. The van der Waals surface area contributed by atoms with Crippen LogP contribution in [0.1, 0.15) is 5.56 Å². The van der Waals surface area contributed by atoms with E-state index < -0.39 is 0 Å². The molecule has 0 saturated heterocycles. The number of hydrogen-bond acceptors (Lipinski definition) is 3. The fraction of sp³-hybridized carbons (Fsp3) is 0.0909. The van der Waals surface area contributed by atoms with Gasteiger partial charge in [-0.3, -0.25) is 0 Å². The maximum atomic E-state index is 8.77. The van der Waals surface area contributed by atoms with Crippen molar-refractivity contribution in [3.05, 3.63) is 54.5 Å². The fourth-order valence-electron chi connectivity index (χ4n) is 0.828. The Morgan fingerprint density at radius 2 is 1.57 bits per heavy atom. The topological polar surface area (TPSA) is 53.6 Å². The number of furan rings is 1. The van der Waals surface area contributed by atoms with E-state index in [0.717, 1.165) is 5.56 Å². The van der Waals surface area contributed by atoms with Gasteiger partial charge in [0, 0.05) is 0 Å². The summed E-state index contributed by atoms with van der Waals surface area (Å²) < 4.78 is 4.58. The first kappa shape index (κ1) is 10.3. The average molecular weight is 192 g/mol. The van der Waals surface area contributed by atoms with Crippen molar-refractivity contribution in [3.63, 3.8) is 0 Å². The minimum absolute atomic E-state index is 0.0281. The van der Waals surface area contributed by atoms with Crippen LogP contribution < -0.4 is 0 Å². The maximum absolute atomic E-state index is 8.77. The molecule has 74 valence electrons. The predicted molar refractivity (Wildman–Crippen MR) is 52.7 cm³/mol. The molecule has 0 amide bonds. The van der Waals surface area contributed by atoms with Crippen LogP contribution in [0.3, 0.4) is 0 Å². The smallest absolute Gasteiger partial charge is 0.115 e. The van der Waals surface area contributed by atoms with Gasteiger partial charge in [-0.25, -0.2) is 0 Å². The van der Waals surface area contributed by atoms with E-state index in [1.165, 1.54) is 0 Å². The second kappa shape index (κ2) is 5.83. The zero-order chi connectivity index (χ0) is 10.2. The first-order valence-corrected chi connectivity index (χ1v) is 4.19. The molecular weight excluding hydrogens is 180 g/mol. The van der Waals surface area contributed by atoms with Crippen molar-refractivity contribution in [2.75, 3.05) is 0 Å². The zero-order valence-electron chi connectivity index (χ0n) is 7.63. The van der Waals surface area contributed by atoms with E-state index in [1.54, 1.807) is 36.8 Å². The van der Waals surface area contributed by atoms with Crippen LogP contribution >= 0.6 is 0 Å². The van der Waals surface area contributed by atoms with Gasteiger partial charge in [0.15, 0.2) is 0 Å². The van der Waals surface area contributed by atoms with Gasteiger partial charge in [-0.1, -0.05) is 12.1 Å². The molecule has 3 nitrogen and oxygen atoms in total. The summed E-state index contributed by atoms with van der Waals surface area (Å²) in [4.78, 5) is 0. The van der Waals surface area contributed by atoms with Crippen LogP contribution in [-0.4, -0.2) is 10.2 Å². The Bertz CT molecular complexity index is 307. The molecule has 2 N–H and O–H groups in total. The lowest BCUT2D eigenvalue weighted by Crippen LogP contribution is -1.78. The molecule has 0 atom stereocenters. The lowest BCUT2D eigenvalue weighted by atomic mass is 10.2. The van der Waals surface area contributed by atoms with Crippen molar-refractivity contribution in [3.8, 4) is 5.75 Å². The summed E-state index contributed by atoms with van der Waals surface area (Å²) in [6.07, 6.45) is 3.25. The Morgan fingerprint density at radius 1 is 1.00 bits per heavy atom. The molecule has 0 aliphatic heterocycles. The Morgan fingerprint density at radius 3 is 1.93 bits per heavy atom. The average Bonchev–Trinajstić information content (AvgIpc) is 2.77. The number of phenols is 1. The molecule has 0 saturated carbocycles. The van der Waals surface area contributed by atoms with Gasteiger partial charge < -0.3 is 14.6 Å². The molecule has 0 radical (unpaired) electrons. The molecule has 0 spiro atoms. The SMILES string of the molecule is OCc1ccc(O)cc1.c1ccoc1. The first-order valence-electron chi connectivity index (χ1n) is 4.19. The Kier molecular flexibility index (Phi) is 4.31. The third-order valence-corrected chi connectivity index (χ3v) is 1.54. The third-order valence-electron chi connectivity index (χ3n) is 1.54. The van der Waals surface area contributed by atoms with Gasteiger partial charge in [0.25, 0.3) is 0 Å². The minimum atomic E-state index is 0.0281. The van der Waals surface area contributed by atoms with Crippen LogP contribution in [0.4, 0.5) is 0 Å². The molecule has 0 unspecified atom stereocenters. The van der Waals surface area contributed by atoms with Gasteiger partial charge in [0.05, 0.1) is 19.1 Å². The molecule has 1 aromatic carbocycles. The quantitative estimate of drug-likeness (QED) is 0.728. The lowest BCUT2D eigenvalue weighted by Gasteiger charge is -1.93. The highest BCUT2D eigenvalue weighted by Gasteiger charge is 1.87. The minimum Gasteiger partial charge on any atom is -0.508 e. The Labute approximate surface area is 82.2 Å². The molecule has 2 rings (SSSR count). The van der Waals surface area contributed by atoms with Gasteiger partial charge in [-0.2, -0.15) is 0 Å². The van der Waals surface area contributed by atoms with Crippen molar-refractivity contribution in [1.29, 1.82) is 0 Å². The monoisotopic (exact) mass is 192 g/mol. The van der Waals surface area contributed by atoms with Crippen molar-refractivity contribution < 1.29 is 14.6 Å². The molecular formula is C11H12O3. The van der Waals surface area contributed by atoms with E-state index in [0.29, 0.717) is 0 Å². The van der Waals surface area contributed by atoms with Crippen molar-refractivity contribution >= 4 is 0 Å². The predicted octanol–water partition coefficient (Wildman–Crippen LogP) is 2.16. The number of hydrogen-bond donors (Lipinski definition) is 2. The van der Waals surface area contributed by atoms with Gasteiger partial charge in [0.1, 0.15) is 5.75 Å². The molecule has 0 bridgehead atoms. The van der Waals surface area contributed by atoms with Crippen molar-refractivity contribution in [2.45, 2.75) is 6.61 Å². The number of aromatic hydroxyl groups is 1. The van der Waals surface area contributed by atoms with Crippen molar-refractivity contribution in [1.82, 2.24) is 0 Å². The standard InChI is InChI=1S/C7H8O2.C4H4O/c8-5-6-1-3-7(9)4-2-6;1-2-4-5-3-1/h1-4,8-9H,5H2;1-4H. The molecule has 1 aromatic heterocycles. The summed E-state index contributed by atoms with van der Waals surface area (Å²) in [5, 5.41) is 17.3. The second-order valence-corrected chi connectivity index (χ2v) is 2.62. The van der Waals surface area contributed by atoms with E-state index in [4.69, 9.17) is 10.2 Å². The van der Waals surface area contributed by atoms with Gasteiger partial charge in [-0.15, -0.1) is 0 Å². The van der Waals surface area contributed by atoms with Crippen LogP contribution in [0.2, 0.25) is 0 Å². The second-order valence-electron chi connectivity index (χ2n) is 2.62. The number of benzene rings is 1. The van der Waals surface area contributed by atoms with E-state index in [2.05, 4.69) is 4.42 Å². The summed E-state index contributed by atoms with van der Waals surface area (Å²) in [7, 11) is 0. The molecule has 2 aromatic rings. The van der Waals surface area contributed by atoms with Gasteiger partial charge in [0.2, 0.25) is 0 Å². The van der Waals surface area contributed by atoms with Gasteiger partial charge in [-0.05, 0) is 29.8 Å². The highest BCUT2D eigenvalue weighted by molar-refractivity contribution is 5.25. The van der Waals surface area contributed by atoms with Gasteiger partial charge >= 0.3 is 0 Å². The third kappa shape index (κ3) is 3.78. The van der Waals surface area contributed by atoms with E-state index in [-0.39, 0.29) is 12.4 Å². The zero-order valence-corrected chi connectivity index (χ0v) is 7.63. The largest absolute Gasteiger partial charge is 0.508 e. The normalized spacial score (nSPS) is 8.93. The summed E-state index contributed by atoms with van der Waals surface area (Å²) >= 11 is 0. The number of aliphatic hydroxyl groups is 1. The Balaban J connectivity index is 0.000000165. The van der Waals surface area contributed by atoms with E-state index in [9.17, 15) is 0 Å². The van der Waals surface area contributed by atoms with Crippen LogP contribution in [0, 0.1) is 0 Å². The van der Waals surface area contributed by atoms with E-state index in [1.807, 2.05) is 12.1 Å². The molecule has 0 aliphatic carbocycles. The van der Waals surface area contributed by atoms with Crippen molar-refractivity contribution in [2.24, 2.45) is 0 Å². The summed E-state index contributed by atoms with van der Waals surface area (Å²) in [6.45, 7) is 0.0281. The molecule has 1 heterocycles. The lowest BCUT2D eigenvalue weighted by molar-refractivity contribution is 0.281. The van der Waals surface area contributed by atoms with Crippen LogP contribution in [0.5, 0.6) is 5.75 Å². The molecule has 14 heavy (non-hydrogen) atoms. The van der Waals surface area contributed by atoms with Crippen LogP contribution in [0.25, 0.3) is 0 Å². The number of rotatable bonds is 1.